The third kappa shape index (κ3) is 5.88. The standard InChI is InChI=1S/C30H35N7O2/c1-5-29(38)32-23-18-24(27(39-4)19-26(23)36-16-14-35(15-17-36)20-21(2)3)33-30-31-12-10-28(34-30)37-13-11-22-8-6-7-9-25(22)37/h5-13,18-19,21H,1,14-17,20H2,2-4H3,(H,32,38)(H,31,33,34). The molecule has 202 valence electrons. The Balaban J connectivity index is 1.45. The van der Waals surface area contributed by atoms with Gasteiger partial charge in [-0.15, -0.1) is 0 Å². The van der Waals surface area contributed by atoms with Gasteiger partial charge in [-0.05, 0) is 41.6 Å². The van der Waals surface area contributed by atoms with Gasteiger partial charge in [-0.25, -0.2) is 4.98 Å². The first-order valence-corrected chi connectivity index (χ1v) is 13.2. The van der Waals surface area contributed by atoms with Gasteiger partial charge in [-0.2, -0.15) is 4.98 Å². The van der Waals surface area contributed by atoms with Gasteiger partial charge in [0.25, 0.3) is 0 Å². The molecule has 2 N–H and O–H groups in total. The largest absolute Gasteiger partial charge is 0.494 e. The number of rotatable bonds is 9. The Morgan fingerprint density at radius 1 is 1.10 bits per heavy atom. The van der Waals surface area contributed by atoms with E-state index in [4.69, 9.17) is 9.72 Å². The number of amides is 1. The molecule has 1 saturated heterocycles. The average Bonchev–Trinajstić information content (AvgIpc) is 3.38. The van der Waals surface area contributed by atoms with Crippen molar-refractivity contribution in [2.24, 2.45) is 5.92 Å². The number of hydrogen-bond donors (Lipinski definition) is 2. The van der Waals surface area contributed by atoms with E-state index in [9.17, 15) is 4.79 Å². The molecule has 1 amide bonds. The predicted molar refractivity (Wildman–Crippen MR) is 157 cm³/mol. The van der Waals surface area contributed by atoms with Crippen molar-refractivity contribution in [1.82, 2.24) is 19.4 Å². The smallest absolute Gasteiger partial charge is 0.247 e. The number of fused-ring (bicyclic) bond motifs is 1. The summed E-state index contributed by atoms with van der Waals surface area (Å²) in [5.41, 5.74) is 3.29. The molecule has 9 heteroatoms. The first-order valence-electron chi connectivity index (χ1n) is 13.2. The van der Waals surface area contributed by atoms with Crippen LogP contribution in [0.5, 0.6) is 5.75 Å². The van der Waals surface area contributed by atoms with E-state index in [0.717, 1.165) is 55.1 Å². The number of methoxy groups -OCH3 is 1. The van der Waals surface area contributed by atoms with E-state index >= 15 is 0 Å². The molecule has 9 nitrogen and oxygen atoms in total. The lowest BCUT2D eigenvalue weighted by molar-refractivity contribution is -0.111. The number of ether oxygens (including phenoxy) is 1. The lowest BCUT2D eigenvalue weighted by Gasteiger charge is -2.37. The van der Waals surface area contributed by atoms with Crippen LogP contribution in [0.2, 0.25) is 0 Å². The quantitative estimate of drug-likeness (QED) is 0.295. The molecule has 2 aromatic heterocycles. The van der Waals surface area contributed by atoms with E-state index in [1.54, 1.807) is 13.3 Å². The highest BCUT2D eigenvalue weighted by Crippen LogP contribution is 2.38. The maximum atomic E-state index is 12.4. The van der Waals surface area contributed by atoms with Gasteiger partial charge in [0.15, 0.2) is 0 Å². The van der Waals surface area contributed by atoms with Crippen LogP contribution in [0.3, 0.4) is 0 Å². The number of aromatic nitrogens is 3. The molecule has 39 heavy (non-hydrogen) atoms. The van der Waals surface area contributed by atoms with Crippen LogP contribution in [0, 0.1) is 5.92 Å². The van der Waals surface area contributed by atoms with E-state index < -0.39 is 0 Å². The Hall–Kier alpha value is -4.37. The van der Waals surface area contributed by atoms with E-state index in [1.165, 1.54) is 6.08 Å². The molecular weight excluding hydrogens is 490 g/mol. The number of piperazine rings is 1. The number of carbonyl (C=O) groups excluding carboxylic acids is 1. The van der Waals surface area contributed by atoms with Crippen molar-refractivity contribution in [3.05, 3.63) is 73.6 Å². The highest BCUT2D eigenvalue weighted by molar-refractivity contribution is 6.02. The van der Waals surface area contributed by atoms with Crippen molar-refractivity contribution < 1.29 is 9.53 Å². The summed E-state index contributed by atoms with van der Waals surface area (Å²) in [7, 11) is 1.64. The minimum atomic E-state index is -0.274. The Kier molecular flexibility index (Phi) is 7.79. The van der Waals surface area contributed by atoms with Crippen LogP contribution in [-0.4, -0.2) is 65.2 Å². The molecule has 0 spiro atoms. The Morgan fingerprint density at radius 3 is 2.64 bits per heavy atom. The van der Waals surface area contributed by atoms with Crippen LogP contribution in [0.4, 0.5) is 23.0 Å². The van der Waals surface area contributed by atoms with Crippen molar-refractivity contribution in [3.8, 4) is 11.6 Å². The van der Waals surface area contributed by atoms with Gasteiger partial charge in [-0.1, -0.05) is 38.6 Å². The summed E-state index contributed by atoms with van der Waals surface area (Å²) in [6.45, 7) is 12.8. The molecule has 1 aliphatic rings. The predicted octanol–water partition coefficient (Wildman–Crippen LogP) is 5.08. The Morgan fingerprint density at radius 2 is 1.90 bits per heavy atom. The molecule has 2 aromatic carbocycles. The molecule has 3 heterocycles. The average molecular weight is 526 g/mol. The lowest BCUT2D eigenvalue weighted by atomic mass is 10.1. The van der Waals surface area contributed by atoms with Crippen LogP contribution < -0.4 is 20.3 Å². The zero-order valence-corrected chi connectivity index (χ0v) is 22.7. The first-order chi connectivity index (χ1) is 18.9. The molecule has 1 fully saturated rings. The summed E-state index contributed by atoms with van der Waals surface area (Å²) in [5, 5.41) is 7.41. The molecule has 0 unspecified atom stereocenters. The van der Waals surface area contributed by atoms with E-state index in [1.807, 2.05) is 41.1 Å². The van der Waals surface area contributed by atoms with Crippen LogP contribution in [0.25, 0.3) is 16.7 Å². The molecular formula is C30H35N7O2. The van der Waals surface area contributed by atoms with Gasteiger partial charge in [0, 0.05) is 51.2 Å². The van der Waals surface area contributed by atoms with Gasteiger partial charge in [-0.3, -0.25) is 9.69 Å². The van der Waals surface area contributed by atoms with Gasteiger partial charge in [0.05, 0.1) is 29.7 Å². The van der Waals surface area contributed by atoms with Crippen molar-refractivity contribution in [1.29, 1.82) is 0 Å². The van der Waals surface area contributed by atoms with E-state index in [2.05, 4.69) is 64.0 Å². The molecule has 5 rings (SSSR count). The minimum Gasteiger partial charge on any atom is -0.494 e. The number of anilines is 4. The van der Waals surface area contributed by atoms with E-state index in [0.29, 0.717) is 29.0 Å². The van der Waals surface area contributed by atoms with Crippen LogP contribution in [-0.2, 0) is 4.79 Å². The number of nitrogens with one attached hydrogen (secondary N) is 2. The Labute approximate surface area is 229 Å². The fourth-order valence-electron chi connectivity index (χ4n) is 5.02. The maximum absolute atomic E-state index is 12.4. The number of nitrogens with zero attached hydrogens (tertiary/aromatic N) is 5. The van der Waals surface area contributed by atoms with Crippen molar-refractivity contribution >= 4 is 39.8 Å². The lowest BCUT2D eigenvalue weighted by Crippen LogP contribution is -2.47. The minimum absolute atomic E-state index is 0.274. The van der Waals surface area contributed by atoms with E-state index in [-0.39, 0.29) is 5.91 Å². The van der Waals surface area contributed by atoms with Crippen molar-refractivity contribution in [2.75, 3.05) is 55.4 Å². The molecule has 4 aromatic rings. The fourth-order valence-corrected chi connectivity index (χ4v) is 5.02. The molecule has 0 saturated carbocycles. The summed E-state index contributed by atoms with van der Waals surface area (Å²) in [5.74, 6) is 2.14. The highest BCUT2D eigenvalue weighted by atomic mass is 16.5. The second-order valence-electron chi connectivity index (χ2n) is 10.1. The third-order valence-corrected chi connectivity index (χ3v) is 6.83. The van der Waals surface area contributed by atoms with Crippen molar-refractivity contribution in [2.45, 2.75) is 13.8 Å². The van der Waals surface area contributed by atoms with Gasteiger partial charge in [0.1, 0.15) is 11.6 Å². The maximum Gasteiger partial charge on any atom is 0.247 e. The zero-order chi connectivity index (χ0) is 27.4. The summed E-state index contributed by atoms with van der Waals surface area (Å²) >= 11 is 0. The van der Waals surface area contributed by atoms with Crippen LogP contribution in [0.1, 0.15) is 13.8 Å². The second-order valence-corrected chi connectivity index (χ2v) is 10.1. The summed E-state index contributed by atoms with van der Waals surface area (Å²) in [6.07, 6.45) is 4.99. The summed E-state index contributed by atoms with van der Waals surface area (Å²) in [4.78, 5) is 26.3. The molecule has 0 atom stereocenters. The highest BCUT2D eigenvalue weighted by Gasteiger charge is 2.23. The van der Waals surface area contributed by atoms with Gasteiger partial charge < -0.3 is 24.8 Å². The fraction of sp³-hybridized carbons (Fsp3) is 0.300. The monoisotopic (exact) mass is 525 g/mol. The van der Waals surface area contributed by atoms with Gasteiger partial charge >= 0.3 is 0 Å². The molecule has 0 bridgehead atoms. The summed E-state index contributed by atoms with van der Waals surface area (Å²) < 4.78 is 7.80. The molecule has 1 aliphatic heterocycles. The Bertz CT molecular complexity index is 1470. The van der Waals surface area contributed by atoms with Crippen LogP contribution >= 0.6 is 0 Å². The third-order valence-electron chi connectivity index (χ3n) is 6.83. The number of carbonyl (C=O) groups is 1. The first kappa shape index (κ1) is 26.2. The molecule has 0 radical (unpaired) electrons. The second kappa shape index (κ2) is 11.6. The van der Waals surface area contributed by atoms with Crippen molar-refractivity contribution in [3.63, 3.8) is 0 Å². The topological polar surface area (TPSA) is 87.5 Å². The van der Waals surface area contributed by atoms with Crippen LogP contribution in [0.15, 0.2) is 73.6 Å². The number of para-hydroxylation sites is 1. The zero-order valence-electron chi connectivity index (χ0n) is 22.7. The van der Waals surface area contributed by atoms with Gasteiger partial charge in [0.2, 0.25) is 11.9 Å². The normalized spacial score (nSPS) is 14.0. The number of benzene rings is 2. The molecule has 0 aliphatic carbocycles. The number of hydrogen-bond acceptors (Lipinski definition) is 7. The summed E-state index contributed by atoms with van der Waals surface area (Å²) in [6, 6.07) is 15.9. The SMILES string of the molecule is C=CC(=O)Nc1cc(Nc2nccc(-n3ccc4ccccc43)n2)c(OC)cc1N1CCN(CC(C)C)CC1.